The van der Waals surface area contributed by atoms with Crippen LogP contribution < -0.4 is 0 Å². The molecule has 0 heterocycles. The van der Waals surface area contributed by atoms with Crippen LogP contribution in [0.2, 0.25) is 5.04 Å². The summed E-state index contributed by atoms with van der Waals surface area (Å²) < 4.78 is 5.89. The summed E-state index contributed by atoms with van der Waals surface area (Å²) in [4.78, 5) is 0. The van der Waals surface area contributed by atoms with Gasteiger partial charge in [-0.25, -0.2) is 0 Å². The van der Waals surface area contributed by atoms with Gasteiger partial charge in [0.2, 0.25) is 0 Å². The van der Waals surface area contributed by atoms with Crippen LogP contribution in [0.4, 0.5) is 0 Å². The lowest BCUT2D eigenvalue weighted by molar-refractivity contribution is 0.122. The molecule has 1 aliphatic carbocycles. The van der Waals surface area contributed by atoms with Crippen molar-refractivity contribution in [2.75, 3.05) is 0 Å². The zero-order valence-electron chi connectivity index (χ0n) is 13.1. The van der Waals surface area contributed by atoms with Gasteiger partial charge in [0.1, 0.15) is 0 Å². The molecule has 0 radical (unpaired) electrons. The van der Waals surface area contributed by atoms with Crippen LogP contribution in [0.1, 0.15) is 63.5 Å². The SMILES string of the molecule is CC(C)(C)[SiH2]OCc1ccc(C2CCC(O)CC2)cc1. The highest BCUT2D eigenvalue weighted by Gasteiger charge is 2.20. The van der Waals surface area contributed by atoms with Gasteiger partial charge < -0.3 is 9.53 Å². The summed E-state index contributed by atoms with van der Waals surface area (Å²) in [6, 6.07) is 8.91. The molecule has 0 bridgehead atoms. The molecule has 0 spiro atoms. The molecule has 0 saturated heterocycles. The maximum Gasteiger partial charge on any atom is 0.167 e. The van der Waals surface area contributed by atoms with Crippen LogP contribution in [-0.2, 0) is 11.0 Å². The highest BCUT2D eigenvalue weighted by Crippen LogP contribution is 2.32. The summed E-state index contributed by atoms with van der Waals surface area (Å²) in [5.74, 6) is 0.636. The van der Waals surface area contributed by atoms with Gasteiger partial charge in [0.25, 0.3) is 0 Å². The lowest BCUT2D eigenvalue weighted by atomic mass is 9.82. The molecule has 0 aliphatic heterocycles. The van der Waals surface area contributed by atoms with Gasteiger partial charge in [0.15, 0.2) is 9.76 Å². The maximum atomic E-state index is 9.57. The molecule has 1 N–H and O–H groups in total. The van der Waals surface area contributed by atoms with Crippen LogP contribution in [0, 0.1) is 0 Å². The highest BCUT2D eigenvalue weighted by atomic mass is 28.2. The Bertz CT molecular complexity index is 400. The Morgan fingerprint density at radius 2 is 1.70 bits per heavy atom. The molecule has 2 nitrogen and oxygen atoms in total. The van der Waals surface area contributed by atoms with E-state index in [-0.39, 0.29) is 6.10 Å². The summed E-state index contributed by atoms with van der Waals surface area (Å²) in [5.41, 5.74) is 2.70. The fourth-order valence-electron chi connectivity index (χ4n) is 2.77. The number of hydrogen-bond acceptors (Lipinski definition) is 2. The first kappa shape index (κ1) is 15.7. The van der Waals surface area contributed by atoms with Crippen molar-refractivity contribution in [3.8, 4) is 0 Å². The molecule has 1 saturated carbocycles. The minimum atomic E-state index is -0.457. The van der Waals surface area contributed by atoms with E-state index >= 15 is 0 Å². The van der Waals surface area contributed by atoms with E-state index in [0.29, 0.717) is 11.0 Å². The predicted molar refractivity (Wildman–Crippen MR) is 86.7 cm³/mol. The van der Waals surface area contributed by atoms with Crippen molar-refractivity contribution in [3.63, 3.8) is 0 Å². The van der Waals surface area contributed by atoms with Crippen LogP contribution in [0.15, 0.2) is 24.3 Å². The van der Waals surface area contributed by atoms with E-state index in [0.717, 1.165) is 32.3 Å². The van der Waals surface area contributed by atoms with Gasteiger partial charge in [-0.15, -0.1) is 0 Å². The summed E-state index contributed by atoms with van der Waals surface area (Å²) in [6.45, 7) is 7.51. The van der Waals surface area contributed by atoms with Gasteiger partial charge in [-0.1, -0.05) is 45.0 Å². The van der Waals surface area contributed by atoms with Crippen LogP contribution >= 0.6 is 0 Å². The van der Waals surface area contributed by atoms with E-state index in [2.05, 4.69) is 45.0 Å². The molecule has 1 fully saturated rings. The van der Waals surface area contributed by atoms with Crippen LogP contribution in [0.5, 0.6) is 0 Å². The average Bonchev–Trinajstić information content (AvgIpc) is 2.39. The zero-order valence-corrected chi connectivity index (χ0v) is 14.5. The Morgan fingerprint density at radius 1 is 1.10 bits per heavy atom. The van der Waals surface area contributed by atoms with Crippen molar-refractivity contribution >= 4 is 9.76 Å². The smallest absolute Gasteiger partial charge is 0.167 e. The second kappa shape index (κ2) is 6.88. The van der Waals surface area contributed by atoms with Crippen LogP contribution in [0.3, 0.4) is 0 Å². The fraction of sp³-hybridized carbons (Fsp3) is 0.647. The van der Waals surface area contributed by atoms with Crippen LogP contribution in [-0.4, -0.2) is 21.0 Å². The van der Waals surface area contributed by atoms with E-state index in [1.54, 1.807) is 0 Å². The lowest BCUT2D eigenvalue weighted by Crippen LogP contribution is -2.17. The van der Waals surface area contributed by atoms with E-state index in [1.165, 1.54) is 11.1 Å². The van der Waals surface area contributed by atoms with Gasteiger partial charge in [-0.05, 0) is 47.8 Å². The second-order valence-corrected chi connectivity index (χ2v) is 10.1. The standard InChI is InChI=1S/C17H28O2Si/c1-17(2,3)20-19-12-13-4-6-14(7-5-13)15-8-10-16(18)11-9-15/h4-7,15-16,18H,8-12,20H2,1-3H3. The number of aliphatic hydroxyl groups excluding tert-OH is 1. The molecular weight excluding hydrogens is 264 g/mol. The topological polar surface area (TPSA) is 29.5 Å². The van der Waals surface area contributed by atoms with Gasteiger partial charge in [0.05, 0.1) is 12.7 Å². The quantitative estimate of drug-likeness (QED) is 0.860. The van der Waals surface area contributed by atoms with Crippen molar-refractivity contribution < 1.29 is 9.53 Å². The van der Waals surface area contributed by atoms with Gasteiger partial charge >= 0.3 is 0 Å². The summed E-state index contributed by atoms with van der Waals surface area (Å²) in [6.07, 6.45) is 4.07. The Balaban J connectivity index is 1.83. The number of rotatable bonds is 4. The van der Waals surface area contributed by atoms with Crippen molar-refractivity contribution in [2.45, 2.75) is 70.1 Å². The highest BCUT2D eigenvalue weighted by molar-refractivity contribution is 6.31. The Morgan fingerprint density at radius 3 is 2.25 bits per heavy atom. The predicted octanol–water partition coefficient (Wildman–Crippen LogP) is 3.52. The molecule has 112 valence electrons. The first-order chi connectivity index (χ1) is 9.44. The molecule has 1 aromatic rings. The van der Waals surface area contributed by atoms with Gasteiger partial charge in [-0.2, -0.15) is 0 Å². The molecular formula is C17H28O2Si. The second-order valence-electron chi connectivity index (χ2n) is 7.30. The monoisotopic (exact) mass is 292 g/mol. The third kappa shape index (κ3) is 5.04. The average molecular weight is 292 g/mol. The normalized spacial score (nSPS) is 24.4. The van der Waals surface area contributed by atoms with Crippen molar-refractivity contribution in [1.82, 2.24) is 0 Å². The van der Waals surface area contributed by atoms with E-state index in [9.17, 15) is 5.11 Å². The Kier molecular flexibility index (Phi) is 5.41. The number of aliphatic hydroxyl groups is 1. The summed E-state index contributed by atoms with van der Waals surface area (Å²) >= 11 is 0. The first-order valence-corrected chi connectivity index (χ1v) is 9.07. The van der Waals surface area contributed by atoms with E-state index in [4.69, 9.17) is 4.43 Å². The molecule has 20 heavy (non-hydrogen) atoms. The fourth-order valence-corrected chi connectivity index (χ4v) is 3.72. The van der Waals surface area contributed by atoms with Gasteiger partial charge in [-0.3, -0.25) is 0 Å². The van der Waals surface area contributed by atoms with Gasteiger partial charge in [0, 0.05) is 0 Å². The zero-order chi connectivity index (χ0) is 14.6. The Labute approximate surface area is 125 Å². The molecule has 3 heteroatoms. The lowest BCUT2D eigenvalue weighted by Gasteiger charge is -2.25. The summed E-state index contributed by atoms with van der Waals surface area (Å²) in [7, 11) is -0.457. The minimum Gasteiger partial charge on any atom is -0.419 e. The molecule has 1 aromatic carbocycles. The molecule has 0 atom stereocenters. The Hall–Kier alpha value is -0.643. The summed E-state index contributed by atoms with van der Waals surface area (Å²) in [5, 5.41) is 9.93. The van der Waals surface area contributed by atoms with Crippen molar-refractivity contribution in [2.24, 2.45) is 0 Å². The van der Waals surface area contributed by atoms with E-state index < -0.39 is 9.76 Å². The molecule has 0 unspecified atom stereocenters. The molecule has 0 amide bonds. The minimum absolute atomic E-state index is 0.0683. The number of benzene rings is 1. The first-order valence-electron chi connectivity index (χ1n) is 7.79. The molecule has 1 aliphatic rings. The largest absolute Gasteiger partial charge is 0.419 e. The van der Waals surface area contributed by atoms with E-state index in [1.807, 2.05) is 0 Å². The van der Waals surface area contributed by atoms with Crippen molar-refractivity contribution in [3.05, 3.63) is 35.4 Å². The third-order valence-corrected chi connectivity index (χ3v) is 5.23. The van der Waals surface area contributed by atoms with Crippen molar-refractivity contribution in [1.29, 1.82) is 0 Å². The van der Waals surface area contributed by atoms with Crippen LogP contribution in [0.25, 0.3) is 0 Å². The molecule has 0 aromatic heterocycles. The third-order valence-electron chi connectivity index (χ3n) is 3.95. The maximum absolute atomic E-state index is 9.57. The number of hydrogen-bond donors (Lipinski definition) is 1. The molecule has 2 rings (SSSR count).